The maximum Gasteiger partial charge on any atom is 0.377 e. The maximum absolute atomic E-state index is 14.7. The van der Waals surface area contributed by atoms with Crippen molar-refractivity contribution in [2.75, 3.05) is 12.0 Å². The van der Waals surface area contributed by atoms with Gasteiger partial charge >= 0.3 is 17.7 Å². The molecule has 1 saturated carbocycles. The van der Waals surface area contributed by atoms with Gasteiger partial charge in [-0.05, 0) is 65.6 Å². The van der Waals surface area contributed by atoms with E-state index in [1.54, 1.807) is 25.1 Å². The van der Waals surface area contributed by atoms with E-state index in [9.17, 15) is 18.8 Å². The van der Waals surface area contributed by atoms with E-state index in [0.29, 0.717) is 39.0 Å². The highest BCUT2D eigenvalue weighted by Crippen LogP contribution is 2.31. The number of nitrogens with zero attached hydrogens (tertiary/aromatic N) is 5. The molecule has 1 aliphatic carbocycles. The Kier molecular flexibility index (Phi) is 7.72. The highest BCUT2D eigenvalue weighted by molar-refractivity contribution is 5.97. The van der Waals surface area contributed by atoms with E-state index in [1.807, 2.05) is 30.3 Å². The Hall–Kier alpha value is -4.80. The number of ether oxygens (including phenoxy) is 2. The summed E-state index contributed by atoms with van der Waals surface area (Å²) in [6.45, 7) is 1.88. The van der Waals surface area contributed by atoms with E-state index in [0.717, 1.165) is 24.5 Å². The van der Waals surface area contributed by atoms with E-state index in [2.05, 4.69) is 10.4 Å². The minimum atomic E-state index is -0.953. The number of aromatic nitrogens is 4. The summed E-state index contributed by atoms with van der Waals surface area (Å²) in [7, 11) is 1.33. The standard InChI is InChI=1S/C29H28FN5O5/c1-19-15-16-22(17-23(19)27(36)40-18-20-9-4-3-5-10-20)33(21-11-6-7-12-21)28(37)35-29(38)34(31-32-35)26-24(30)13-8-14-25(26)39-2/h3-5,8-10,13-17,21H,6-7,11-12,18H2,1-2H3. The number of anilines is 1. The molecule has 11 heteroatoms. The minimum Gasteiger partial charge on any atom is -0.494 e. The maximum atomic E-state index is 14.7. The predicted octanol–water partition coefficient (Wildman–Crippen LogP) is 4.66. The van der Waals surface area contributed by atoms with Crippen LogP contribution in [0.3, 0.4) is 0 Å². The predicted molar refractivity (Wildman–Crippen MR) is 144 cm³/mol. The topological polar surface area (TPSA) is 109 Å². The van der Waals surface area contributed by atoms with Crippen LogP contribution in [0.25, 0.3) is 5.69 Å². The van der Waals surface area contributed by atoms with Crippen LogP contribution in [0.5, 0.6) is 5.75 Å². The zero-order chi connectivity index (χ0) is 28.2. The Morgan fingerprint density at radius 3 is 2.50 bits per heavy atom. The molecule has 10 nitrogen and oxygen atoms in total. The van der Waals surface area contributed by atoms with Crippen molar-refractivity contribution in [1.82, 2.24) is 19.8 Å². The SMILES string of the molecule is COc1cccc(F)c1-n1nnn(C(=O)N(c2ccc(C)c(C(=O)OCc3ccccc3)c2)C2CCCC2)c1=O. The van der Waals surface area contributed by atoms with Crippen molar-refractivity contribution in [3.8, 4) is 11.4 Å². The second-order valence-corrected chi connectivity index (χ2v) is 9.53. The van der Waals surface area contributed by atoms with Crippen molar-refractivity contribution in [2.45, 2.75) is 45.3 Å². The molecule has 0 N–H and O–H groups in total. The molecule has 1 fully saturated rings. The summed E-state index contributed by atoms with van der Waals surface area (Å²) in [6.07, 6.45) is 3.22. The van der Waals surface area contributed by atoms with Gasteiger partial charge in [-0.1, -0.05) is 55.3 Å². The summed E-state index contributed by atoms with van der Waals surface area (Å²) in [6, 6.07) is 17.4. The number of para-hydroxylation sites is 1. The zero-order valence-electron chi connectivity index (χ0n) is 22.1. The molecule has 4 aromatic rings. The number of carbonyl (C=O) groups is 2. The number of halogens is 1. The number of methoxy groups -OCH3 is 1. The summed E-state index contributed by atoms with van der Waals surface area (Å²) in [5, 5.41) is 7.54. The monoisotopic (exact) mass is 545 g/mol. The highest BCUT2D eigenvalue weighted by Gasteiger charge is 2.33. The molecule has 40 heavy (non-hydrogen) atoms. The molecule has 0 atom stereocenters. The normalized spacial score (nSPS) is 13.3. The average Bonchev–Trinajstić information content (AvgIpc) is 3.63. The van der Waals surface area contributed by atoms with Crippen molar-refractivity contribution in [3.05, 3.63) is 99.7 Å². The van der Waals surface area contributed by atoms with Crippen molar-refractivity contribution >= 4 is 17.7 Å². The number of hydrogen-bond acceptors (Lipinski definition) is 7. The van der Waals surface area contributed by atoms with Gasteiger partial charge in [-0.2, -0.15) is 4.68 Å². The van der Waals surface area contributed by atoms with Gasteiger partial charge in [0.25, 0.3) is 0 Å². The molecule has 0 spiro atoms. The fourth-order valence-electron chi connectivity index (χ4n) is 4.90. The lowest BCUT2D eigenvalue weighted by molar-refractivity contribution is 0.0472. The molecule has 0 bridgehead atoms. The van der Waals surface area contributed by atoms with Gasteiger partial charge in [0.2, 0.25) is 0 Å². The quantitative estimate of drug-likeness (QED) is 0.246. The molecule has 1 aliphatic rings. The van der Waals surface area contributed by atoms with Crippen LogP contribution in [0, 0.1) is 12.7 Å². The van der Waals surface area contributed by atoms with Gasteiger partial charge in [-0.25, -0.2) is 18.8 Å². The van der Waals surface area contributed by atoms with Crippen LogP contribution in [0.15, 0.2) is 71.5 Å². The molecule has 1 amide bonds. The Morgan fingerprint density at radius 2 is 1.77 bits per heavy atom. The first-order valence-corrected chi connectivity index (χ1v) is 12.9. The molecule has 1 aromatic heterocycles. The van der Waals surface area contributed by atoms with E-state index in [-0.39, 0.29) is 24.1 Å². The van der Waals surface area contributed by atoms with E-state index < -0.39 is 23.5 Å². The summed E-state index contributed by atoms with van der Waals surface area (Å²) < 4.78 is 26.7. The molecule has 5 rings (SSSR count). The molecular formula is C29H28FN5O5. The van der Waals surface area contributed by atoms with Crippen molar-refractivity contribution in [2.24, 2.45) is 0 Å². The summed E-state index contributed by atoms with van der Waals surface area (Å²) in [4.78, 5) is 41.6. The third-order valence-corrected chi connectivity index (χ3v) is 6.97. The second-order valence-electron chi connectivity index (χ2n) is 9.53. The van der Waals surface area contributed by atoms with Crippen LogP contribution in [0.4, 0.5) is 14.9 Å². The molecule has 3 aromatic carbocycles. The van der Waals surface area contributed by atoms with Gasteiger partial charge in [0.15, 0.2) is 5.82 Å². The molecule has 0 unspecified atom stereocenters. The number of carbonyl (C=O) groups excluding carboxylic acids is 2. The van der Waals surface area contributed by atoms with Crippen LogP contribution in [0.2, 0.25) is 0 Å². The fourth-order valence-corrected chi connectivity index (χ4v) is 4.90. The van der Waals surface area contributed by atoms with Gasteiger partial charge in [0.05, 0.1) is 12.7 Å². The number of esters is 1. The van der Waals surface area contributed by atoms with E-state index >= 15 is 0 Å². The minimum absolute atomic E-state index is 0.0615. The van der Waals surface area contributed by atoms with Gasteiger partial charge in [-0.3, -0.25) is 4.90 Å². The highest BCUT2D eigenvalue weighted by atomic mass is 19.1. The molecule has 206 valence electrons. The van der Waals surface area contributed by atoms with Crippen molar-refractivity contribution < 1.29 is 23.5 Å². The lowest BCUT2D eigenvalue weighted by Crippen LogP contribution is -2.46. The first-order chi connectivity index (χ1) is 19.4. The molecular weight excluding hydrogens is 517 g/mol. The van der Waals surface area contributed by atoms with E-state index in [1.165, 1.54) is 24.1 Å². The Morgan fingerprint density at radius 1 is 1.02 bits per heavy atom. The fraction of sp³-hybridized carbons (Fsp3) is 0.276. The molecule has 1 heterocycles. The largest absolute Gasteiger partial charge is 0.494 e. The van der Waals surface area contributed by atoms with Crippen molar-refractivity contribution in [3.63, 3.8) is 0 Å². The summed E-state index contributed by atoms with van der Waals surface area (Å²) >= 11 is 0. The number of aryl methyl sites for hydroxylation is 1. The average molecular weight is 546 g/mol. The lowest BCUT2D eigenvalue weighted by atomic mass is 10.1. The molecule has 0 saturated heterocycles. The lowest BCUT2D eigenvalue weighted by Gasteiger charge is -2.28. The number of rotatable bonds is 7. The van der Waals surface area contributed by atoms with Gasteiger partial charge in [-0.15, -0.1) is 4.68 Å². The van der Waals surface area contributed by atoms with Crippen LogP contribution < -0.4 is 15.3 Å². The zero-order valence-corrected chi connectivity index (χ0v) is 22.1. The summed E-state index contributed by atoms with van der Waals surface area (Å²) in [5.74, 6) is -1.23. The Bertz CT molecular complexity index is 1590. The van der Waals surface area contributed by atoms with E-state index in [4.69, 9.17) is 9.47 Å². The third kappa shape index (κ3) is 5.22. The number of hydrogen-bond donors (Lipinski definition) is 0. The number of amides is 1. The van der Waals surface area contributed by atoms with Crippen LogP contribution in [-0.4, -0.2) is 44.9 Å². The smallest absolute Gasteiger partial charge is 0.377 e. The Balaban J connectivity index is 1.49. The molecule has 0 aliphatic heterocycles. The van der Waals surface area contributed by atoms with Crippen LogP contribution >= 0.6 is 0 Å². The second kappa shape index (κ2) is 11.5. The van der Waals surface area contributed by atoms with Crippen molar-refractivity contribution in [1.29, 1.82) is 0 Å². The van der Waals surface area contributed by atoms with Crippen LogP contribution in [0.1, 0.15) is 47.2 Å². The number of benzene rings is 3. The van der Waals surface area contributed by atoms with Crippen LogP contribution in [-0.2, 0) is 11.3 Å². The van der Waals surface area contributed by atoms with Gasteiger partial charge in [0.1, 0.15) is 18.0 Å². The van der Waals surface area contributed by atoms with Gasteiger partial charge < -0.3 is 9.47 Å². The first kappa shape index (κ1) is 26.8. The van der Waals surface area contributed by atoms with Gasteiger partial charge in [0, 0.05) is 11.7 Å². The number of tetrazole rings is 1. The first-order valence-electron chi connectivity index (χ1n) is 12.9. The third-order valence-electron chi connectivity index (χ3n) is 6.97. The Labute approximate surface area is 229 Å². The molecule has 0 radical (unpaired) electrons. The summed E-state index contributed by atoms with van der Waals surface area (Å²) in [5.41, 5.74) is 1.04.